The molecule has 0 saturated heterocycles. The van der Waals surface area contributed by atoms with E-state index in [0.29, 0.717) is 6.04 Å². The molecular formula is C16H28N2O. The Hall–Kier alpha value is -1.06. The largest absolute Gasteiger partial charge is 0.385 e. The van der Waals surface area contributed by atoms with Crippen molar-refractivity contribution in [3.63, 3.8) is 0 Å². The van der Waals surface area contributed by atoms with E-state index in [-0.39, 0.29) is 0 Å². The van der Waals surface area contributed by atoms with Crippen LogP contribution < -0.4 is 5.32 Å². The molecule has 0 bridgehead atoms. The summed E-state index contributed by atoms with van der Waals surface area (Å²) in [5, 5.41) is 3.46. The lowest BCUT2D eigenvalue weighted by molar-refractivity contribution is 0.123. The summed E-state index contributed by atoms with van der Waals surface area (Å²) in [6.45, 7) is 8.52. The molecule has 0 amide bonds. The van der Waals surface area contributed by atoms with Gasteiger partial charge < -0.3 is 10.1 Å². The summed E-state index contributed by atoms with van der Waals surface area (Å²) in [6, 6.07) is 11.0. The molecule has 0 saturated carbocycles. The number of nitrogens with one attached hydrogen (secondary N) is 1. The van der Waals surface area contributed by atoms with Crippen LogP contribution in [0.5, 0.6) is 0 Å². The topological polar surface area (TPSA) is 24.5 Å². The molecule has 0 radical (unpaired) electrons. The quantitative estimate of drug-likeness (QED) is 0.657. The summed E-state index contributed by atoms with van der Waals surface area (Å²) in [5.41, 5.74) is 1.20. The molecule has 0 aliphatic carbocycles. The van der Waals surface area contributed by atoms with E-state index in [1.807, 2.05) is 6.07 Å². The lowest BCUT2D eigenvalue weighted by atomic mass is 10.2. The fourth-order valence-electron chi connectivity index (χ4n) is 2.09. The van der Waals surface area contributed by atoms with Crippen molar-refractivity contribution in [1.82, 2.24) is 4.90 Å². The van der Waals surface area contributed by atoms with E-state index in [9.17, 15) is 0 Å². The van der Waals surface area contributed by atoms with Gasteiger partial charge in [-0.05, 0) is 31.9 Å². The highest BCUT2D eigenvalue weighted by Gasteiger charge is 2.10. The number of hydrogen-bond acceptors (Lipinski definition) is 3. The zero-order chi connectivity index (χ0) is 13.9. The lowest BCUT2D eigenvalue weighted by Crippen LogP contribution is -2.36. The number of para-hydroxylation sites is 1. The second-order valence-electron chi connectivity index (χ2n) is 4.93. The molecule has 1 unspecified atom stereocenters. The van der Waals surface area contributed by atoms with Crippen LogP contribution in [0.1, 0.15) is 26.7 Å². The maximum Gasteiger partial charge on any atom is 0.0589 e. The first-order chi connectivity index (χ1) is 9.27. The van der Waals surface area contributed by atoms with Gasteiger partial charge in [-0.2, -0.15) is 0 Å². The number of anilines is 1. The Morgan fingerprint density at radius 1 is 1.21 bits per heavy atom. The zero-order valence-corrected chi connectivity index (χ0v) is 12.6. The summed E-state index contributed by atoms with van der Waals surface area (Å²) < 4.78 is 5.19. The third kappa shape index (κ3) is 6.60. The first kappa shape index (κ1) is 16.0. The Kier molecular flexibility index (Phi) is 8.26. The summed E-state index contributed by atoms with van der Waals surface area (Å²) in [5.74, 6) is 0. The van der Waals surface area contributed by atoms with Gasteiger partial charge in [0.2, 0.25) is 0 Å². The molecule has 0 aliphatic heterocycles. The second-order valence-corrected chi connectivity index (χ2v) is 4.93. The maximum atomic E-state index is 5.19. The zero-order valence-electron chi connectivity index (χ0n) is 12.6. The molecule has 0 fully saturated rings. The monoisotopic (exact) mass is 264 g/mol. The highest BCUT2D eigenvalue weighted by molar-refractivity contribution is 5.42. The minimum atomic E-state index is 0.631. The Morgan fingerprint density at radius 2 is 1.95 bits per heavy atom. The van der Waals surface area contributed by atoms with Gasteiger partial charge in [0, 0.05) is 38.5 Å². The van der Waals surface area contributed by atoms with Crippen molar-refractivity contribution in [2.24, 2.45) is 0 Å². The van der Waals surface area contributed by atoms with E-state index in [4.69, 9.17) is 4.74 Å². The van der Waals surface area contributed by atoms with Crippen LogP contribution >= 0.6 is 0 Å². The second kappa shape index (κ2) is 9.82. The summed E-state index contributed by atoms with van der Waals surface area (Å²) in [7, 11) is 1.77. The van der Waals surface area contributed by atoms with Gasteiger partial charge in [0.05, 0.1) is 6.61 Å². The highest BCUT2D eigenvalue weighted by Crippen LogP contribution is 2.07. The summed E-state index contributed by atoms with van der Waals surface area (Å²) in [4.78, 5) is 2.51. The van der Waals surface area contributed by atoms with Crippen LogP contribution in [-0.4, -0.2) is 44.3 Å². The van der Waals surface area contributed by atoms with Gasteiger partial charge in [-0.1, -0.05) is 25.1 Å². The van der Waals surface area contributed by atoms with Crippen LogP contribution in [0.4, 0.5) is 5.69 Å². The van der Waals surface area contributed by atoms with Crippen molar-refractivity contribution in [3.05, 3.63) is 30.3 Å². The normalized spacial score (nSPS) is 12.6. The van der Waals surface area contributed by atoms with Crippen LogP contribution in [0, 0.1) is 0 Å². The van der Waals surface area contributed by atoms with Crippen LogP contribution in [0.3, 0.4) is 0 Å². The molecule has 3 heteroatoms. The number of nitrogens with zero attached hydrogens (tertiary/aromatic N) is 1. The molecule has 0 aliphatic rings. The Balaban J connectivity index is 2.23. The van der Waals surface area contributed by atoms with Crippen molar-refractivity contribution in [2.45, 2.75) is 32.7 Å². The average Bonchev–Trinajstić information content (AvgIpc) is 2.47. The average molecular weight is 264 g/mol. The molecule has 3 nitrogen and oxygen atoms in total. The van der Waals surface area contributed by atoms with Gasteiger partial charge in [-0.3, -0.25) is 4.90 Å². The molecule has 0 aromatic heterocycles. The molecule has 1 atom stereocenters. The molecule has 1 rings (SSSR count). The van der Waals surface area contributed by atoms with Gasteiger partial charge >= 0.3 is 0 Å². The van der Waals surface area contributed by atoms with Gasteiger partial charge in [-0.25, -0.2) is 0 Å². The summed E-state index contributed by atoms with van der Waals surface area (Å²) in [6.07, 6.45) is 2.35. The van der Waals surface area contributed by atoms with Gasteiger partial charge in [-0.15, -0.1) is 0 Å². The molecule has 1 aromatic rings. The van der Waals surface area contributed by atoms with E-state index in [1.54, 1.807) is 7.11 Å². The fraction of sp³-hybridized carbons (Fsp3) is 0.625. The molecule has 1 N–H and O–H groups in total. The molecule has 1 aromatic carbocycles. The fourth-order valence-corrected chi connectivity index (χ4v) is 2.09. The molecule has 19 heavy (non-hydrogen) atoms. The highest BCUT2D eigenvalue weighted by atomic mass is 16.5. The molecular weight excluding hydrogens is 236 g/mol. The van der Waals surface area contributed by atoms with Crippen molar-refractivity contribution in [2.75, 3.05) is 38.7 Å². The minimum absolute atomic E-state index is 0.631. The lowest BCUT2D eigenvalue weighted by Gasteiger charge is -2.28. The van der Waals surface area contributed by atoms with E-state index < -0.39 is 0 Å². The van der Waals surface area contributed by atoms with Gasteiger partial charge in [0.15, 0.2) is 0 Å². The van der Waals surface area contributed by atoms with Crippen molar-refractivity contribution < 1.29 is 4.74 Å². The maximum absolute atomic E-state index is 5.19. The van der Waals surface area contributed by atoms with E-state index in [0.717, 1.165) is 32.7 Å². The molecule has 0 heterocycles. The number of ether oxygens (including phenoxy) is 1. The van der Waals surface area contributed by atoms with E-state index in [2.05, 4.69) is 48.3 Å². The minimum Gasteiger partial charge on any atom is -0.385 e. The van der Waals surface area contributed by atoms with Gasteiger partial charge in [0.25, 0.3) is 0 Å². The SMILES string of the molecule is CCC(C)N(CCCNc1ccccc1)CCOC. The molecule has 108 valence electrons. The third-order valence-corrected chi connectivity index (χ3v) is 3.52. The van der Waals surface area contributed by atoms with Crippen LogP contribution in [0.2, 0.25) is 0 Å². The van der Waals surface area contributed by atoms with Crippen molar-refractivity contribution in [1.29, 1.82) is 0 Å². The Morgan fingerprint density at radius 3 is 2.58 bits per heavy atom. The Labute approximate surface area is 118 Å². The van der Waals surface area contributed by atoms with E-state index in [1.165, 1.54) is 12.1 Å². The van der Waals surface area contributed by atoms with Crippen LogP contribution in [0.25, 0.3) is 0 Å². The molecule has 0 spiro atoms. The van der Waals surface area contributed by atoms with Crippen LogP contribution in [0.15, 0.2) is 30.3 Å². The van der Waals surface area contributed by atoms with Gasteiger partial charge in [0.1, 0.15) is 0 Å². The number of benzene rings is 1. The predicted octanol–water partition coefficient (Wildman–Crippen LogP) is 3.24. The number of rotatable bonds is 10. The third-order valence-electron chi connectivity index (χ3n) is 3.52. The number of methoxy groups -OCH3 is 1. The summed E-state index contributed by atoms with van der Waals surface area (Å²) >= 11 is 0. The standard InChI is InChI=1S/C16H28N2O/c1-4-15(2)18(13-14-19-3)12-8-11-17-16-9-6-5-7-10-16/h5-7,9-10,15,17H,4,8,11-14H2,1-3H3. The predicted molar refractivity (Wildman–Crippen MR) is 82.8 cm³/mol. The first-order valence-electron chi connectivity index (χ1n) is 7.29. The Bertz CT molecular complexity index is 316. The van der Waals surface area contributed by atoms with Crippen molar-refractivity contribution in [3.8, 4) is 0 Å². The smallest absolute Gasteiger partial charge is 0.0589 e. The number of hydrogen-bond donors (Lipinski definition) is 1. The van der Waals surface area contributed by atoms with Crippen molar-refractivity contribution >= 4 is 5.69 Å². The van der Waals surface area contributed by atoms with E-state index >= 15 is 0 Å². The first-order valence-corrected chi connectivity index (χ1v) is 7.29. The van der Waals surface area contributed by atoms with Crippen LogP contribution in [-0.2, 0) is 4.74 Å².